The van der Waals surface area contributed by atoms with Gasteiger partial charge >= 0.3 is 0 Å². The number of piperazine rings is 1. The number of hydrogen-bond acceptors (Lipinski definition) is 3. The molecule has 0 aromatic heterocycles. The molecule has 2 aromatic rings. The Balaban J connectivity index is 1.67. The third-order valence-electron chi connectivity index (χ3n) is 4.56. The van der Waals surface area contributed by atoms with Gasteiger partial charge in [0, 0.05) is 23.3 Å². The Morgan fingerprint density at radius 3 is 2.42 bits per heavy atom. The first-order valence-electron chi connectivity index (χ1n) is 8.46. The highest BCUT2D eigenvalue weighted by Gasteiger charge is 2.33. The molecule has 3 rings (SSSR count). The first-order chi connectivity index (χ1) is 12.5. The molecule has 6 heteroatoms. The highest BCUT2D eigenvalue weighted by Crippen LogP contribution is 2.23. The molecule has 0 bridgehead atoms. The van der Waals surface area contributed by atoms with Crippen molar-refractivity contribution in [1.29, 1.82) is 0 Å². The van der Waals surface area contributed by atoms with Gasteiger partial charge in [-0.1, -0.05) is 23.7 Å². The number of carbonyl (C=O) groups excluding carboxylic acids is 2. The molecule has 1 atom stereocenters. The first kappa shape index (κ1) is 18.3. The van der Waals surface area contributed by atoms with E-state index in [9.17, 15) is 9.59 Å². The second-order valence-electron chi connectivity index (χ2n) is 6.38. The summed E-state index contributed by atoms with van der Waals surface area (Å²) in [6.07, 6.45) is 0.266. The van der Waals surface area contributed by atoms with Crippen molar-refractivity contribution < 1.29 is 14.3 Å². The molecule has 0 N–H and O–H groups in total. The standard InChI is InChI=1S/C20H21ClN2O3/c1-14-12-23(17-7-5-16(21)6-8-17)20(25)13-22(14)19(24)11-15-3-9-18(26-2)10-4-15/h3-10,14H,11-13H2,1-2H3/t14-/m1/s1. The van der Waals surface area contributed by atoms with Crippen molar-refractivity contribution in [2.24, 2.45) is 0 Å². The number of anilines is 1. The van der Waals surface area contributed by atoms with Crippen LogP contribution in [0.1, 0.15) is 12.5 Å². The summed E-state index contributed by atoms with van der Waals surface area (Å²) in [7, 11) is 1.60. The van der Waals surface area contributed by atoms with Crippen LogP contribution in [-0.2, 0) is 16.0 Å². The van der Waals surface area contributed by atoms with E-state index in [1.165, 1.54) is 0 Å². The van der Waals surface area contributed by atoms with Crippen LogP contribution in [0.3, 0.4) is 0 Å². The summed E-state index contributed by atoms with van der Waals surface area (Å²) in [5.41, 5.74) is 1.70. The van der Waals surface area contributed by atoms with Crippen molar-refractivity contribution in [1.82, 2.24) is 4.90 Å². The second-order valence-corrected chi connectivity index (χ2v) is 6.81. The van der Waals surface area contributed by atoms with Crippen molar-refractivity contribution >= 4 is 29.1 Å². The molecule has 5 nitrogen and oxygen atoms in total. The zero-order chi connectivity index (χ0) is 18.7. The van der Waals surface area contributed by atoms with Crippen molar-refractivity contribution in [2.75, 3.05) is 25.1 Å². The molecule has 1 heterocycles. The average Bonchev–Trinajstić information content (AvgIpc) is 2.64. The van der Waals surface area contributed by atoms with Crippen LogP contribution < -0.4 is 9.64 Å². The second kappa shape index (κ2) is 7.79. The topological polar surface area (TPSA) is 49.9 Å². The molecule has 1 aliphatic rings. The van der Waals surface area contributed by atoms with Crippen molar-refractivity contribution in [3.05, 3.63) is 59.1 Å². The molecule has 0 radical (unpaired) electrons. The molecule has 0 saturated carbocycles. The lowest BCUT2D eigenvalue weighted by molar-refractivity contribution is -0.138. The van der Waals surface area contributed by atoms with E-state index in [2.05, 4.69) is 0 Å². The molecule has 0 unspecified atom stereocenters. The lowest BCUT2D eigenvalue weighted by atomic mass is 10.1. The smallest absolute Gasteiger partial charge is 0.246 e. The van der Waals surface area contributed by atoms with Gasteiger partial charge in [0.2, 0.25) is 11.8 Å². The fourth-order valence-corrected chi connectivity index (χ4v) is 3.20. The van der Waals surface area contributed by atoms with E-state index in [4.69, 9.17) is 16.3 Å². The Morgan fingerprint density at radius 1 is 1.15 bits per heavy atom. The highest BCUT2D eigenvalue weighted by atomic mass is 35.5. The van der Waals surface area contributed by atoms with E-state index >= 15 is 0 Å². The Bertz CT molecular complexity index is 790. The predicted molar refractivity (Wildman–Crippen MR) is 102 cm³/mol. The molecule has 0 aliphatic carbocycles. The van der Waals surface area contributed by atoms with Gasteiger partial charge in [-0.25, -0.2) is 0 Å². The molecule has 1 aliphatic heterocycles. The van der Waals surface area contributed by atoms with Crippen LogP contribution in [0.25, 0.3) is 0 Å². The van der Waals surface area contributed by atoms with Crippen LogP contribution in [0.2, 0.25) is 5.02 Å². The van der Waals surface area contributed by atoms with E-state index in [1.807, 2.05) is 43.3 Å². The van der Waals surface area contributed by atoms with Crippen LogP contribution in [0, 0.1) is 0 Å². The van der Waals surface area contributed by atoms with E-state index in [0.717, 1.165) is 17.0 Å². The summed E-state index contributed by atoms with van der Waals surface area (Å²) < 4.78 is 5.13. The fourth-order valence-electron chi connectivity index (χ4n) is 3.08. The molecular formula is C20H21ClN2O3. The monoisotopic (exact) mass is 372 g/mol. The van der Waals surface area contributed by atoms with Gasteiger partial charge in [-0.15, -0.1) is 0 Å². The summed E-state index contributed by atoms with van der Waals surface area (Å²) in [6.45, 7) is 2.51. The molecule has 26 heavy (non-hydrogen) atoms. The van der Waals surface area contributed by atoms with Gasteiger partial charge in [0.05, 0.1) is 13.5 Å². The highest BCUT2D eigenvalue weighted by molar-refractivity contribution is 6.30. The van der Waals surface area contributed by atoms with Gasteiger partial charge in [-0.3, -0.25) is 9.59 Å². The molecule has 1 fully saturated rings. The van der Waals surface area contributed by atoms with E-state index in [-0.39, 0.29) is 30.8 Å². The number of carbonyl (C=O) groups is 2. The normalized spacial score (nSPS) is 17.3. The third-order valence-corrected chi connectivity index (χ3v) is 4.81. The predicted octanol–water partition coefficient (Wildman–Crippen LogP) is 3.16. The van der Waals surface area contributed by atoms with Crippen LogP contribution in [0.15, 0.2) is 48.5 Å². The maximum Gasteiger partial charge on any atom is 0.246 e. The Hall–Kier alpha value is -2.53. The maximum atomic E-state index is 12.7. The van der Waals surface area contributed by atoms with Crippen molar-refractivity contribution in [2.45, 2.75) is 19.4 Å². The third kappa shape index (κ3) is 3.99. The molecule has 2 aromatic carbocycles. The summed E-state index contributed by atoms with van der Waals surface area (Å²) in [5.74, 6) is 0.613. The molecule has 1 saturated heterocycles. The number of rotatable bonds is 4. The minimum Gasteiger partial charge on any atom is -0.497 e. The molecular weight excluding hydrogens is 352 g/mol. The molecule has 136 valence electrons. The van der Waals surface area contributed by atoms with Gasteiger partial charge in [-0.2, -0.15) is 0 Å². The maximum absolute atomic E-state index is 12.7. The van der Waals surface area contributed by atoms with E-state index < -0.39 is 0 Å². The fraction of sp³-hybridized carbons (Fsp3) is 0.300. The van der Waals surface area contributed by atoms with Gasteiger partial charge in [-0.05, 0) is 48.9 Å². The summed E-state index contributed by atoms with van der Waals surface area (Å²) in [5, 5.41) is 0.627. The summed E-state index contributed by atoms with van der Waals surface area (Å²) in [6, 6.07) is 14.5. The number of nitrogens with zero attached hydrogens (tertiary/aromatic N) is 2. The largest absolute Gasteiger partial charge is 0.497 e. The van der Waals surface area contributed by atoms with Crippen LogP contribution >= 0.6 is 11.6 Å². The van der Waals surface area contributed by atoms with E-state index in [1.54, 1.807) is 29.0 Å². The quantitative estimate of drug-likeness (QED) is 0.828. The number of amides is 2. The minimum atomic E-state index is -0.0893. The summed E-state index contributed by atoms with van der Waals surface area (Å²) >= 11 is 5.91. The number of benzene rings is 2. The average molecular weight is 373 g/mol. The minimum absolute atomic E-state index is 0.0493. The zero-order valence-corrected chi connectivity index (χ0v) is 15.6. The van der Waals surface area contributed by atoms with Gasteiger partial charge in [0.15, 0.2) is 0 Å². The van der Waals surface area contributed by atoms with Crippen LogP contribution in [0.4, 0.5) is 5.69 Å². The Labute approximate surface area is 158 Å². The first-order valence-corrected chi connectivity index (χ1v) is 8.84. The number of methoxy groups -OCH3 is 1. The number of ether oxygens (including phenoxy) is 1. The van der Waals surface area contributed by atoms with Crippen LogP contribution in [0.5, 0.6) is 5.75 Å². The Morgan fingerprint density at radius 2 is 1.81 bits per heavy atom. The van der Waals surface area contributed by atoms with Gasteiger partial charge in [0.1, 0.15) is 12.3 Å². The zero-order valence-electron chi connectivity index (χ0n) is 14.8. The number of halogens is 1. The van der Waals surface area contributed by atoms with Crippen LogP contribution in [-0.4, -0.2) is 43.0 Å². The van der Waals surface area contributed by atoms with Gasteiger partial charge in [0.25, 0.3) is 0 Å². The van der Waals surface area contributed by atoms with Crippen molar-refractivity contribution in [3.8, 4) is 5.75 Å². The SMILES string of the molecule is COc1ccc(CC(=O)N2CC(=O)N(c3ccc(Cl)cc3)C[C@H]2C)cc1. The van der Waals surface area contributed by atoms with Crippen molar-refractivity contribution in [3.63, 3.8) is 0 Å². The lowest BCUT2D eigenvalue weighted by Gasteiger charge is -2.39. The van der Waals surface area contributed by atoms with E-state index in [0.29, 0.717) is 11.6 Å². The molecule has 0 spiro atoms. The molecule has 2 amide bonds. The Kier molecular flexibility index (Phi) is 5.47. The summed E-state index contributed by atoms with van der Waals surface area (Å²) in [4.78, 5) is 28.6. The van der Waals surface area contributed by atoms with Gasteiger partial charge < -0.3 is 14.5 Å². The lowest BCUT2D eigenvalue weighted by Crippen LogP contribution is -2.57. The number of hydrogen-bond donors (Lipinski definition) is 0.